The van der Waals surface area contributed by atoms with Crippen LogP contribution in [0.1, 0.15) is 15.9 Å². The highest BCUT2D eigenvalue weighted by Gasteiger charge is 2.31. The maximum Gasteiger partial charge on any atom is 0.491 e. The first-order valence-electron chi connectivity index (χ1n) is 5.14. The fourth-order valence-corrected chi connectivity index (χ4v) is 1.79. The van der Waals surface area contributed by atoms with Crippen molar-refractivity contribution in [1.82, 2.24) is 0 Å². The summed E-state index contributed by atoms with van der Waals surface area (Å²) in [5.41, 5.74) is 0.447. The molecule has 0 aromatic heterocycles. The molecule has 2 rings (SSSR count). The fraction of sp³-hybridized carbons (Fsp3) is 0.300. The molecule has 1 aromatic carbocycles. The zero-order valence-electron chi connectivity index (χ0n) is 9.33. The summed E-state index contributed by atoms with van der Waals surface area (Å²) in [5.74, 6) is -1.77. The highest BCUT2D eigenvalue weighted by Crippen LogP contribution is 2.26. The van der Waals surface area contributed by atoms with Crippen molar-refractivity contribution in [2.75, 3.05) is 6.61 Å². The molecule has 0 saturated heterocycles. The first-order chi connectivity index (χ1) is 8.78. The Hall–Kier alpha value is -0.525. The summed E-state index contributed by atoms with van der Waals surface area (Å²) in [6.07, 6.45) is 0. The van der Waals surface area contributed by atoms with Crippen LogP contribution in [0.4, 0.5) is 4.39 Å². The van der Waals surface area contributed by atoms with Crippen LogP contribution in [0.5, 0.6) is 0 Å². The summed E-state index contributed by atoms with van der Waals surface area (Å²) >= 11 is 16.3. The molecule has 0 saturated carbocycles. The van der Waals surface area contributed by atoms with Gasteiger partial charge in [-0.05, 0) is 23.2 Å². The SMILES string of the molecule is O=C(OCC(Cl)(Cl)Cl)c1cc2c(cc1F)COB2O. The van der Waals surface area contributed by atoms with Crippen molar-refractivity contribution in [3.05, 3.63) is 29.1 Å². The average molecular weight is 327 g/mol. The molecule has 1 aliphatic rings. The minimum absolute atomic E-state index is 0.0803. The van der Waals surface area contributed by atoms with E-state index in [9.17, 15) is 14.2 Å². The van der Waals surface area contributed by atoms with Crippen LogP contribution in [0.2, 0.25) is 0 Å². The lowest BCUT2D eigenvalue weighted by atomic mass is 9.78. The van der Waals surface area contributed by atoms with Gasteiger partial charge in [-0.1, -0.05) is 34.8 Å². The Morgan fingerprint density at radius 2 is 2.21 bits per heavy atom. The summed E-state index contributed by atoms with van der Waals surface area (Å²) in [6, 6.07) is 2.28. The van der Waals surface area contributed by atoms with E-state index >= 15 is 0 Å². The second kappa shape index (κ2) is 5.46. The van der Waals surface area contributed by atoms with E-state index in [4.69, 9.17) is 39.5 Å². The zero-order valence-corrected chi connectivity index (χ0v) is 11.6. The molecule has 1 aromatic rings. The van der Waals surface area contributed by atoms with E-state index in [-0.39, 0.29) is 12.2 Å². The second-order valence-corrected chi connectivity index (χ2v) is 6.40. The maximum absolute atomic E-state index is 13.7. The number of esters is 1. The Morgan fingerprint density at radius 3 is 2.84 bits per heavy atom. The third-order valence-corrected chi connectivity index (χ3v) is 2.81. The molecule has 0 amide bonds. The topological polar surface area (TPSA) is 55.8 Å². The van der Waals surface area contributed by atoms with E-state index in [0.29, 0.717) is 11.0 Å². The first kappa shape index (κ1) is 14.9. The predicted molar refractivity (Wildman–Crippen MR) is 69.4 cm³/mol. The maximum atomic E-state index is 13.7. The van der Waals surface area contributed by atoms with E-state index in [1.807, 2.05) is 0 Å². The minimum atomic E-state index is -1.77. The second-order valence-electron chi connectivity index (χ2n) is 3.89. The predicted octanol–water partition coefficient (Wildman–Crippen LogP) is 1.57. The van der Waals surface area contributed by atoms with E-state index in [0.717, 1.165) is 6.07 Å². The van der Waals surface area contributed by atoms with Crippen LogP contribution in [0.3, 0.4) is 0 Å². The van der Waals surface area contributed by atoms with Crippen molar-refractivity contribution < 1.29 is 23.6 Å². The molecule has 0 fully saturated rings. The highest BCUT2D eigenvalue weighted by atomic mass is 35.6. The van der Waals surface area contributed by atoms with E-state index in [1.54, 1.807) is 0 Å². The van der Waals surface area contributed by atoms with Crippen molar-refractivity contribution in [1.29, 1.82) is 0 Å². The largest absolute Gasteiger partial charge is 0.491 e. The zero-order chi connectivity index (χ0) is 14.2. The number of hydrogen-bond acceptors (Lipinski definition) is 4. The molecule has 1 aliphatic heterocycles. The molecule has 1 heterocycles. The van der Waals surface area contributed by atoms with Crippen LogP contribution >= 0.6 is 34.8 Å². The van der Waals surface area contributed by atoms with Gasteiger partial charge in [-0.15, -0.1) is 0 Å². The number of carbonyl (C=O) groups excluding carboxylic acids is 1. The number of ether oxygens (including phenoxy) is 1. The molecule has 19 heavy (non-hydrogen) atoms. The Labute approximate surface area is 123 Å². The van der Waals surface area contributed by atoms with Gasteiger partial charge >= 0.3 is 13.1 Å². The van der Waals surface area contributed by atoms with Crippen molar-refractivity contribution in [3.63, 3.8) is 0 Å². The Balaban J connectivity index is 2.21. The molecule has 9 heteroatoms. The molecule has 102 valence electrons. The fourth-order valence-electron chi connectivity index (χ4n) is 1.63. The van der Waals surface area contributed by atoms with E-state index in [1.165, 1.54) is 6.07 Å². The first-order valence-corrected chi connectivity index (χ1v) is 6.27. The summed E-state index contributed by atoms with van der Waals surface area (Å²) < 4.78 is 21.5. The van der Waals surface area contributed by atoms with Crippen LogP contribution in [-0.4, -0.2) is 28.5 Å². The summed E-state index contributed by atoms with van der Waals surface area (Å²) in [4.78, 5) is 11.7. The standard InChI is InChI=1S/C10H7BCl3FO4/c12-10(13,14)4-18-9(16)6-2-7-5(1-8(6)15)3-19-11(7)17/h1-2,17H,3-4H2. The Kier molecular flexibility index (Phi) is 4.27. The lowest BCUT2D eigenvalue weighted by molar-refractivity contribution is 0.0507. The lowest BCUT2D eigenvalue weighted by Crippen LogP contribution is -2.29. The quantitative estimate of drug-likeness (QED) is 0.509. The van der Waals surface area contributed by atoms with Gasteiger partial charge in [0, 0.05) is 0 Å². The molecule has 0 unspecified atom stereocenters. The number of fused-ring (bicyclic) bond motifs is 1. The van der Waals surface area contributed by atoms with Gasteiger partial charge in [-0.2, -0.15) is 0 Å². The Morgan fingerprint density at radius 1 is 1.53 bits per heavy atom. The van der Waals surface area contributed by atoms with Gasteiger partial charge < -0.3 is 14.4 Å². The van der Waals surface area contributed by atoms with Crippen molar-refractivity contribution in [3.8, 4) is 0 Å². The van der Waals surface area contributed by atoms with Gasteiger partial charge in [-0.25, -0.2) is 9.18 Å². The molecule has 1 N–H and O–H groups in total. The molecular weight excluding hydrogens is 320 g/mol. The third-order valence-electron chi connectivity index (χ3n) is 2.48. The van der Waals surface area contributed by atoms with Gasteiger partial charge in [0.1, 0.15) is 12.4 Å². The van der Waals surface area contributed by atoms with E-state index in [2.05, 4.69) is 4.74 Å². The van der Waals surface area contributed by atoms with Crippen LogP contribution < -0.4 is 5.46 Å². The third kappa shape index (κ3) is 3.52. The minimum Gasteiger partial charge on any atom is -0.457 e. The van der Waals surface area contributed by atoms with Crippen LogP contribution in [0, 0.1) is 5.82 Å². The number of alkyl halides is 3. The van der Waals surface area contributed by atoms with E-state index < -0.39 is 29.3 Å². The summed E-state index contributed by atoms with van der Waals surface area (Å²) in [5, 5.41) is 9.48. The monoisotopic (exact) mass is 326 g/mol. The van der Waals surface area contributed by atoms with Gasteiger partial charge in [0.15, 0.2) is 0 Å². The lowest BCUT2D eigenvalue weighted by Gasteiger charge is -2.12. The molecule has 0 aliphatic carbocycles. The highest BCUT2D eigenvalue weighted by molar-refractivity contribution is 6.67. The number of hydrogen-bond donors (Lipinski definition) is 1. The Bertz CT molecular complexity index is 520. The van der Waals surface area contributed by atoms with Crippen molar-refractivity contribution in [2.24, 2.45) is 0 Å². The van der Waals surface area contributed by atoms with Crippen LogP contribution in [0.25, 0.3) is 0 Å². The normalized spacial score (nSPS) is 14.5. The summed E-state index contributed by atoms with van der Waals surface area (Å²) in [6.45, 7) is -0.428. The number of rotatable bonds is 2. The van der Waals surface area contributed by atoms with Gasteiger partial charge in [0.05, 0.1) is 12.2 Å². The number of benzene rings is 1. The number of carbonyl (C=O) groups is 1. The van der Waals surface area contributed by atoms with Crippen LogP contribution in [-0.2, 0) is 16.0 Å². The van der Waals surface area contributed by atoms with Gasteiger partial charge in [-0.3, -0.25) is 0 Å². The molecule has 4 nitrogen and oxygen atoms in total. The van der Waals surface area contributed by atoms with Crippen molar-refractivity contribution in [2.45, 2.75) is 10.4 Å². The summed E-state index contributed by atoms with van der Waals surface area (Å²) in [7, 11) is -1.18. The molecule has 0 spiro atoms. The number of halogens is 4. The van der Waals surface area contributed by atoms with Crippen LogP contribution in [0.15, 0.2) is 12.1 Å². The van der Waals surface area contributed by atoms with Gasteiger partial charge in [0.2, 0.25) is 3.79 Å². The smallest absolute Gasteiger partial charge is 0.457 e. The van der Waals surface area contributed by atoms with Crippen molar-refractivity contribution >= 4 is 53.4 Å². The molecular formula is C10H7BCl3FO4. The molecule has 0 atom stereocenters. The average Bonchev–Trinajstić information content (AvgIpc) is 2.65. The van der Waals surface area contributed by atoms with Gasteiger partial charge in [0.25, 0.3) is 0 Å². The molecule has 0 bridgehead atoms. The molecule has 0 radical (unpaired) electrons.